The van der Waals surface area contributed by atoms with Gasteiger partial charge in [-0.2, -0.15) is 0 Å². The first-order chi connectivity index (χ1) is 16.5. The third kappa shape index (κ3) is 6.19. The van der Waals surface area contributed by atoms with E-state index in [0.29, 0.717) is 23.7 Å². The van der Waals surface area contributed by atoms with Crippen molar-refractivity contribution in [2.45, 2.75) is 32.4 Å². The molecule has 0 spiro atoms. The second-order valence-corrected chi connectivity index (χ2v) is 8.34. The molecular formula is C27H26F2N2O3. The van der Waals surface area contributed by atoms with Crippen LogP contribution in [-0.4, -0.2) is 18.6 Å². The molecule has 3 aromatic rings. The van der Waals surface area contributed by atoms with E-state index in [-0.39, 0.29) is 24.6 Å². The average Bonchev–Trinajstić information content (AvgIpc) is 3.67. The highest BCUT2D eigenvalue weighted by molar-refractivity contribution is 6.01. The molecule has 34 heavy (non-hydrogen) atoms. The molecular weight excluding hydrogens is 438 g/mol. The lowest BCUT2D eigenvalue weighted by Crippen LogP contribution is -2.25. The molecule has 1 aliphatic rings. The van der Waals surface area contributed by atoms with Gasteiger partial charge in [-0.05, 0) is 41.2 Å². The Hall–Kier alpha value is -3.74. The van der Waals surface area contributed by atoms with Crippen LogP contribution in [0.5, 0.6) is 0 Å². The molecule has 0 atom stereocenters. The second-order valence-electron chi connectivity index (χ2n) is 8.34. The summed E-state index contributed by atoms with van der Waals surface area (Å²) in [5, 5.41) is 5.48. The summed E-state index contributed by atoms with van der Waals surface area (Å²) in [6.07, 6.45) is 2.85. The van der Waals surface area contributed by atoms with E-state index in [9.17, 15) is 18.4 Å². The fraction of sp³-hybridized carbons (Fsp3) is 0.259. The summed E-state index contributed by atoms with van der Waals surface area (Å²) in [5.74, 6) is -1.08. The molecule has 2 amide bonds. The van der Waals surface area contributed by atoms with Crippen LogP contribution in [0.3, 0.4) is 0 Å². The van der Waals surface area contributed by atoms with Gasteiger partial charge in [0, 0.05) is 30.3 Å². The molecule has 0 aliphatic heterocycles. The predicted octanol–water partition coefficient (Wildman–Crippen LogP) is 5.59. The van der Waals surface area contributed by atoms with Gasteiger partial charge in [-0.3, -0.25) is 4.79 Å². The minimum atomic E-state index is -0.714. The molecule has 2 N–H and O–H groups in total. The largest absolute Gasteiger partial charge is 0.450 e. The van der Waals surface area contributed by atoms with E-state index in [1.165, 1.54) is 18.9 Å². The van der Waals surface area contributed by atoms with Gasteiger partial charge < -0.3 is 15.4 Å². The standard InChI is InChI=1S/C27H26F2N2O3/c28-21-12-11-20(25(29)15-21)17-30-26(32)24-8-4-3-7-23(24)22-6-2-1-5-19(22)16-31-27(33)34-14-13-18-9-10-18/h1-8,11-12,15,18H,9-10,13-14,16-17H2,(H,30,32)(H,31,33). The van der Waals surface area contributed by atoms with E-state index in [1.54, 1.807) is 12.1 Å². The number of carbonyl (C=O) groups excluding carboxylic acids is 2. The minimum Gasteiger partial charge on any atom is -0.450 e. The monoisotopic (exact) mass is 464 g/mol. The molecule has 0 bridgehead atoms. The van der Waals surface area contributed by atoms with Crippen LogP contribution in [0.25, 0.3) is 11.1 Å². The Bertz CT molecular complexity index is 1180. The average molecular weight is 465 g/mol. The van der Waals surface area contributed by atoms with Crippen LogP contribution in [0.1, 0.15) is 40.7 Å². The quantitative estimate of drug-likeness (QED) is 0.434. The van der Waals surface area contributed by atoms with Crippen molar-refractivity contribution in [3.8, 4) is 11.1 Å². The van der Waals surface area contributed by atoms with Crippen LogP contribution in [0.4, 0.5) is 13.6 Å². The number of nitrogens with one attached hydrogen (secondary N) is 2. The first kappa shape index (κ1) is 23.4. The fourth-order valence-electron chi connectivity index (χ4n) is 3.73. The normalized spacial score (nSPS) is 12.8. The highest BCUT2D eigenvalue weighted by Crippen LogP contribution is 2.32. The van der Waals surface area contributed by atoms with E-state index in [4.69, 9.17) is 4.74 Å². The smallest absolute Gasteiger partial charge is 0.407 e. The molecule has 0 aromatic heterocycles. The number of amides is 2. The summed E-state index contributed by atoms with van der Waals surface area (Å²) in [4.78, 5) is 25.0. The maximum Gasteiger partial charge on any atom is 0.407 e. The van der Waals surface area contributed by atoms with Crippen LogP contribution in [0.15, 0.2) is 66.7 Å². The number of ether oxygens (including phenoxy) is 1. The van der Waals surface area contributed by atoms with Gasteiger partial charge in [0.1, 0.15) is 11.6 Å². The SMILES string of the molecule is O=C(NCc1ccccc1-c1ccccc1C(=O)NCc1ccc(F)cc1F)OCCC1CC1. The van der Waals surface area contributed by atoms with Crippen molar-refractivity contribution in [3.63, 3.8) is 0 Å². The summed E-state index contributed by atoms with van der Waals surface area (Å²) in [6.45, 7) is 0.583. The number of alkyl carbamates (subject to hydrolysis) is 1. The van der Waals surface area contributed by atoms with Crippen molar-refractivity contribution in [1.82, 2.24) is 10.6 Å². The summed E-state index contributed by atoms with van der Waals surface area (Å²) < 4.78 is 32.3. The second kappa shape index (κ2) is 10.9. The van der Waals surface area contributed by atoms with Crippen molar-refractivity contribution in [1.29, 1.82) is 0 Å². The molecule has 0 unspecified atom stereocenters. The van der Waals surface area contributed by atoms with Crippen molar-refractivity contribution in [2.24, 2.45) is 5.92 Å². The van der Waals surface area contributed by atoms with Crippen LogP contribution in [0.2, 0.25) is 0 Å². The molecule has 0 heterocycles. The highest BCUT2D eigenvalue weighted by Gasteiger charge is 2.21. The molecule has 4 rings (SSSR count). The lowest BCUT2D eigenvalue weighted by molar-refractivity contribution is 0.0951. The molecule has 1 fully saturated rings. The Morgan fingerprint density at radius 1 is 0.853 bits per heavy atom. The predicted molar refractivity (Wildman–Crippen MR) is 125 cm³/mol. The zero-order valence-electron chi connectivity index (χ0n) is 18.7. The number of hydrogen-bond donors (Lipinski definition) is 2. The lowest BCUT2D eigenvalue weighted by atomic mass is 9.95. The summed E-state index contributed by atoms with van der Waals surface area (Å²) in [6, 6.07) is 17.8. The number of hydrogen-bond acceptors (Lipinski definition) is 3. The van der Waals surface area contributed by atoms with Crippen LogP contribution >= 0.6 is 0 Å². The first-order valence-corrected chi connectivity index (χ1v) is 11.3. The number of carbonyl (C=O) groups is 2. The van der Waals surface area contributed by atoms with E-state index < -0.39 is 17.7 Å². The van der Waals surface area contributed by atoms with Gasteiger partial charge in [0.25, 0.3) is 5.91 Å². The summed E-state index contributed by atoms with van der Waals surface area (Å²) in [5.41, 5.74) is 2.89. The molecule has 7 heteroatoms. The van der Waals surface area contributed by atoms with Gasteiger partial charge in [0.2, 0.25) is 0 Å². The summed E-state index contributed by atoms with van der Waals surface area (Å²) >= 11 is 0. The topological polar surface area (TPSA) is 67.4 Å². The van der Waals surface area contributed by atoms with Gasteiger partial charge in [0.05, 0.1) is 6.61 Å². The van der Waals surface area contributed by atoms with Crippen molar-refractivity contribution in [3.05, 3.63) is 95.1 Å². The number of rotatable bonds is 9. The Balaban J connectivity index is 1.45. The van der Waals surface area contributed by atoms with Crippen molar-refractivity contribution < 1.29 is 23.1 Å². The van der Waals surface area contributed by atoms with E-state index in [2.05, 4.69) is 10.6 Å². The third-order valence-corrected chi connectivity index (χ3v) is 5.81. The minimum absolute atomic E-state index is 0.0742. The van der Waals surface area contributed by atoms with Gasteiger partial charge in [0.15, 0.2) is 0 Å². The molecule has 1 saturated carbocycles. The van der Waals surface area contributed by atoms with Crippen LogP contribution in [-0.2, 0) is 17.8 Å². The zero-order chi connectivity index (χ0) is 23.9. The Morgan fingerprint density at radius 3 is 2.32 bits per heavy atom. The molecule has 0 saturated heterocycles. The maximum atomic E-state index is 13.9. The van der Waals surface area contributed by atoms with E-state index in [0.717, 1.165) is 29.7 Å². The summed E-state index contributed by atoms with van der Waals surface area (Å²) in [7, 11) is 0. The van der Waals surface area contributed by atoms with Crippen LogP contribution < -0.4 is 10.6 Å². The third-order valence-electron chi connectivity index (χ3n) is 5.81. The molecule has 3 aromatic carbocycles. The fourth-order valence-corrected chi connectivity index (χ4v) is 3.73. The molecule has 1 aliphatic carbocycles. The van der Waals surface area contributed by atoms with Crippen molar-refractivity contribution >= 4 is 12.0 Å². The molecule has 5 nitrogen and oxygen atoms in total. The molecule has 176 valence electrons. The van der Waals surface area contributed by atoms with Crippen molar-refractivity contribution in [2.75, 3.05) is 6.61 Å². The molecule has 0 radical (unpaired) electrons. The number of halogens is 2. The zero-order valence-corrected chi connectivity index (χ0v) is 18.7. The van der Waals surface area contributed by atoms with Gasteiger partial charge in [-0.15, -0.1) is 0 Å². The van der Waals surface area contributed by atoms with Crippen LogP contribution in [0, 0.1) is 17.6 Å². The van der Waals surface area contributed by atoms with E-state index in [1.807, 2.05) is 36.4 Å². The van der Waals surface area contributed by atoms with Gasteiger partial charge in [-0.25, -0.2) is 13.6 Å². The first-order valence-electron chi connectivity index (χ1n) is 11.3. The Labute approximate surface area is 197 Å². The lowest BCUT2D eigenvalue weighted by Gasteiger charge is -2.15. The van der Waals surface area contributed by atoms with Gasteiger partial charge in [-0.1, -0.05) is 61.4 Å². The van der Waals surface area contributed by atoms with Gasteiger partial charge >= 0.3 is 6.09 Å². The maximum absolute atomic E-state index is 13.9. The Kier molecular flexibility index (Phi) is 7.52. The van der Waals surface area contributed by atoms with E-state index >= 15 is 0 Å². The Morgan fingerprint density at radius 2 is 1.56 bits per heavy atom. The highest BCUT2D eigenvalue weighted by atomic mass is 19.1. The number of benzene rings is 3.